The third-order valence-corrected chi connectivity index (χ3v) is 3.47. The summed E-state index contributed by atoms with van der Waals surface area (Å²) in [6.07, 6.45) is 2.97. The van der Waals surface area contributed by atoms with Crippen LogP contribution in [0.25, 0.3) is 0 Å². The number of anilines is 1. The number of ether oxygens (including phenoxy) is 1. The molecular formula is C13H17NO. The molecule has 1 aromatic carbocycles. The maximum atomic E-state index is 5.33. The number of benzene rings is 1. The fourth-order valence-corrected chi connectivity index (χ4v) is 2.43. The molecule has 0 bridgehead atoms. The Morgan fingerprint density at radius 1 is 1.40 bits per heavy atom. The lowest BCUT2D eigenvalue weighted by Gasteiger charge is -2.36. The highest BCUT2D eigenvalue weighted by Crippen LogP contribution is 2.31. The van der Waals surface area contributed by atoms with E-state index >= 15 is 0 Å². The summed E-state index contributed by atoms with van der Waals surface area (Å²) in [6, 6.07) is 9.43. The zero-order valence-electron chi connectivity index (χ0n) is 9.15. The van der Waals surface area contributed by atoms with Crippen molar-refractivity contribution in [3.63, 3.8) is 0 Å². The molecule has 3 rings (SSSR count). The van der Waals surface area contributed by atoms with Crippen molar-refractivity contribution in [3.8, 4) is 0 Å². The molecule has 1 fully saturated rings. The summed E-state index contributed by atoms with van der Waals surface area (Å²) < 4.78 is 5.33. The molecule has 0 radical (unpaired) electrons. The lowest BCUT2D eigenvalue weighted by molar-refractivity contribution is 0.397. The van der Waals surface area contributed by atoms with Gasteiger partial charge in [0.15, 0.2) is 0 Å². The van der Waals surface area contributed by atoms with Crippen molar-refractivity contribution in [2.45, 2.75) is 31.9 Å². The SMILES string of the molecule is CC1CCc2ccccc2N1C[C@H]1CO1. The molecule has 1 unspecified atom stereocenters. The van der Waals surface area contributed by atoms with Crippen LogP contribution in [0.3, 0.4) is 0 Å². The summed E-state index contributed by atoms with van der Waals surface area (Å²) in [7, 11) is 0. The summed E-state index contributed by atoms with van der Waals surface area (Å²) in [5.74, 6) is 0. The predicted molar refractivity (Wildman–Crippen MR) is 61.3 cm³/mol. The van der Waals surface area contributed by atoms with E-state index in [2.05, 4.69) is 36.1 Å². The first-order valence-electron chi connectivity index (χ1n) is 5.81. The summed E-state index contributed by atoms with van der Waals surface area (Å²) in [4.78, 5) is 2.51. The van der Waals surface area contributed by atoms with E-state index in [1.54, 1.807) is 0 Å². The second-order valence-corrected chi connectivity index (χ2v) is 4.62. The normalized spacial score (nSPS) is 28.7. The van der Waals surface area contributed by atoms with Gasteiger partial charge in [0.25, 0.3) is 0 Å². The Kier molecular flexibility index (Phi) is 2.17. The van der Waals surface area contributed by atoms with Crippen LogP contribution in [-0.4, -0.2) is 25.3 Å². The highest BCUT2D eigenvalue weighted by molar-refractivity contribution is 5.56. The zero-order chi connectivity index (χ0) is 10.3. The average molecular weight is 203 g/mol. The van der Waals surface area contributed by atoms with Crippen molar-refractivity contribution in [1.82, 2.24) is 0 Å². The van der Waals surface area contributed by atoms with Gasteiger partial charge >= 0.3 is 0 Å². The van der Waals surface area contributed by atoms with Crippen molar-refractivity contribution in [3.05, 3.63) is 29.8 Å². The third-order valence-electron chi connectivity index (χ3n) is 3.47. The maximum absolute atomic E-state index is 5.33. The van der Waals surface area contributed by atoms with E-state index in [0.717, 1.165) is 13.2 Å². The topological polar surface area (TPSA) is 15.8 Å². The standard InChI is InChI=1S/C13H17NO/c1-10-6-7-11-4-2-3-5-13(11)14(10)8-12-9-15-12/h2-5,10,12H,6-9H2,1H3/t10?,12-/m0/s1. The number of para-hydroxylation sites is 1. The molecule has 15 heavy (non-hydrogen) atoms. The summed E-state index contributed by atoms with van der Waals surface area (Å²) in [5, 5.41) is 0. The van der Waals surface area contributed by atoms with Crippen LogP contribution in [0.4, 0.5) is 5.69 Å². The Balaban J connectivity index is 1.90. The summed E-state index contributed by atoms with van der Waals surface area (Å²) in [5.41, 5.74) is 2.92. The molecule has 0 saturated carbocycles. The van der Waals surface area contributed by atoms with Crippen molar-refractivity contribution in [2.24, 2.45) is 0 Å². The van der Waals surface area contributed by atoms with Crippen LogP contribution in [0.15, 0.2) is 24.3 Å². The van der Waals surface area contributed by atoms with Gasteiger partial charge in [-0.2, -0.15) is 0 Å². The van der Waals surface area contributed by atoms with Crippen molar-refractivity contribution in [1.29, 1.82) is 0 Å². The van der Waals surface area contributed by atoms with Gasteiger partial charge in [-0.25, -0.2) is 0 Å². The van der Waals surface area contributed by atoms with Gasteiger partial charge in [-0.05, 0) is 31.4 Å². The smallest absolute Gasteiger partial charge is 0.0984 e. The van der Waals surface area contributed by atoms with E-state index in [0.29, 0.717) is 12.1 Å². The van der Waals surface area contributed by atoms with Gasteiger partial charge in [0.05, 0.1) is 12.7 Å². The molecule has 2 aliphatic rings. The molecular weight excluding hydrogens is 186 g/mol. The second kappa shape index (κ2) is 3.53. The summed E-state index contributed by atoms with van der Waals surface area (Å²) in [6.45, 7) is 4.34. The van der Waals surface area contributed by atoms with Crippen molar-refractivity contribution in [2.75, 3.05) is 18.1 Å². The van der Waals surface area contributed by atoms with Crippen LogP contribution in [0.2, 0.25) is 0 Å². The quantitative estimate of drug-likeness (QED) is 0.685. The first kappa shape index (κ1) is 9.22. The van der Waals surface area contributed by atoms with Crippen molar-refractivity contribution >= 4 is 5.69 Å². The number of rotatable bonds is 2. The molecule has 1 saturated heterocycles. The molecule has 2 nitrogen and oxygen atoms in total. The Morgan fingerprint density at radius 3 is 3.00 bits per heavy atom. The van der Waals surface area contributed by atoms with Crippen LogP contribution in [-0.2, 0) is 11.2 Å². The van der Waals surface area contributed by atoms with E-state index < -0.39 is 0 Å². The van der Waals surface area contributed by atoms with E-state index in [4.69, 9.17) is 4.74 Å². The number of aryl methyl sites for hydroxylation is 1. The second-order valence-electron chi connectivity index (χ2n) is 4.62. The first-order valence-corrected chi connectivity index (χ1v) is 5.81. The fourth-order valence-electron chi connectivity index (χ4n) is 2.43. The third kappa shape index (κ3) is 1.74. The van der Waals surface area contributed by atoms with Crippen LogP contribution in [0, 0.1) is 0 Å². The number of fused-ring (bicyclic) bond motifs is 1. The summed E-state index contributed by atoms with van der Waals surface area (Å²) >= 11 is 0. The lowest BCUT2D eigenvalue weighted by atomic mass is 9.96. The number of hydrogen-bond acceptors (Lipinski definition) is 2. The van der Waals surface area contributed by atoms with Gasteiger partial charge in [-0.15, -0.1) is 0 Å². The van der Waals surface area contributed by atoms with E-state index in [1.165, 1.54) is 24.1 Å². The van der Waals surface area contributed by atoms with Gasteiger partial charge in [0.2, 0.25) is 0 Å². The van der Waals surface area contributed by atoms with Crippen LogP contribution >= 0.6 is 0 Å². The van der Waals surface area contributed by atoms with Crippen LogP contribution in [0.5, 0.6) is 0 Å². The Labute approximate surface area is 90.8 Å². The molecule has 0 amide bonds. The molecule has 2 heteroatoms. The molecule has 0 N–H and O–H groups in total. The van der Waals surface area contributed by atoms with Gasteiger partial charge in [-0.1, -0.05) is 18.2 Å². The maximum Gasteiger partial charge on any atom is 0.0984 e. The molecule has 2 aliphatic heterocycles. The monoisotopic (exact) mass is 203 g/mol. The van der Waals surface area contributed by atoms with E-state index in [9.17, 15) is 0 Å². The minimum absolute atomic E-state index is 0.485. The average Bonchev–Trinajstić information content (AvgIpc) is 3.06. The van der Waals surface area contributed by atoms with Gasteiger partial charge < -0.3 is 9.64 Å². The van der Waals surface area contributed by atoms with E-state index in [1.807, 2.05) is 0 Å². The van der Waals surface area contributed by atoms with Crippen LogP contribution < -0.4 is 4.90 Å². The molecule has 1 aromatic rings. The molecule has 0 spiro atoms. The largest absolute Gasteiger partial charge is 0.371 e. The van der Waals surface area contributed by atoms with E-state index in [-0.39, 0.29) is 0 Å². The number of nitrogens with zero attached hydrogens (tertiary/aromatic N) is 1. The zero-order valence-corrected chi connectivity index (χ0v) is 9.15. The number of hydrogen-bond donors (Lipinski definition) is 0. The molecule has 80 valence electrons. The molecule has 2 atom stereocenters. The highest BCUT2D eigenvalue weighted by Gasteiger charge is 2.30. The highest BCUT2D eigenvalue weighted by atomic mass is 16.6. The Morgan fingerprint density at radius 2 is 2.20 bits per heavy atom. The minimum atomic E-state index is 0.485. The van der Waals surface area contributed by atoms with Crippen molar-refractivity contribution < 1.29 is 4.74 Å². The van der Waals surface area contributed by atoms with Gasteiger partial charge in [0, 0.05) is 18.3 Å². The molecule has 2 heterocycles. The number of epoxide rings is 1. The minimum Gasteiger partial charge on any atom is -0.371 e. The lowest BCUT2D eigenvalue weighted by Crippen LogP contribution is -2.39. The Hall–Kier alpha value is -1.02. The fraction of sp³-hybridized carbons (Fsp3) is 0.538. The van der Waals surface area contributed by atoms with Gasteiger partial charge in [-0.3, -0.25) is 0 Å². The molecule has 0 aliphatic carbocycles. The first-order chi connectivity index (χ1) is 7.34. The van der Waals surface area contributed by atoms with Crippen LogP contribution in [0.1, 0.15) is 18.9 Å². The van der Waals surface area contributed by atoms with Gasteiger partial charge in [0.1, 0.15) is 0 Å². The predicted octanol–water partition coefficient (Wildman–Crippen LogP) is 2.23. The Bertz CT molecular complexity index is 359. The molecule has 0 aromatic heterocycles.